The molecule has 1 unspecified atom stereocenters. The highest BCUT2D eigenvalue weighted by Gasteiger charge is 2.30. The largest absolute Gasteiger partial charge is 0.392 e. The molecule has 0 saturated carbocycles. The molecule has 0 aromatic heterocycles. The lowest BCUT2D eigenvalue weighted by atomic mass is 10.2. The van der Waals surface area contributed by atoms with Crippen LogP contribution in [0.1, 0.15) is 30.1 Å². The molecule has 6 nitrogen and oxygen atoms in total. The number of carbonyl (C=O) groups is 1. The lowest BCUT2D eigenvalue weighted by Gasteiger charge is -2.16. The zero-order valence-corrected chi connectivity index (χ0v) is 13.1. The van der Waals surface area contributed by atoms with Gasteiger partial charge in [0, 0.05) is 25.2 Å². The van der Waals surface area contributed by atoms with Crippen molar-refractivity contribution in [3.8, 4) is 0 Å². The van der Waals surface area contributed by atoms with Gasteiger partial charge in [0.1, 0.15) is 10.7 Å². The van der Waals surface area contributed by atoms with E-state index in [2.05, 4.69) is 5.32 Å². The highest BCUT2D eigenvalue weighted by molar-refractivity contribution is 7.89. The Hall–Kier alpha value is -1.51. The van der Waals surface area contributed by atoms with Crippen molar-refractivity contribution in [2.75, 3.05) is 19.6 Å². The van der Waals surface area contributed by atoms with Crippen LogP contribution in [0, 0.1) is 5.82 Å². The molecule has 0 radical (unpaired) electrons. The quantitative estimate of drug-likeness (QED) is 0.833. The van der Waals surface area contributed by atoms with Crippen molar-refractivity contribution in [2.24, 2.45) is 0 Å². The maximum atomic E-state index is 13.9. The van der Waals surface area contributed by atoms with E-state index in [1.807, 2.05) is 0 Å². The third kappa shape index (κ3) is 3.63. The second-order valence-corrected chi connectivity index (χ2v) is 7.22. The summed E-state index contributed by atoms with van der Waals surface area (Å²) in [6.07, 6.45) is 0.766. The van der Waals surface area contributed by atoms with E-state index in [-0.39, 0.29) is 12.1 Å². The summed E-state index contributed by atoms with van der Waals surface area (Å²) < 4.78 is 40.0. The van der Waals surface area contributed by atoms with Crippen LogP contribution in [-0.2, 0) is 10.0 Å². The van der Waals surface area contributed by atoms with Crippen molar-refractivity contribution in [2.45, 2.75) is 30.8 Å². The number of benzene rings is 1. The molecule has 0 aliphatic carbocycles. The highest BCUT2D eigenvalue weighted by atomic mass is 32.2. The van der Waals surface area contributed by atoms with Gasteiger partial charge >= 0.3 is 0 Å². The van der Waals surface area contributed by atoms with Crippen LogP contribution in [-0.4, -0.2) is 49.5 Å². The summed E-state index contributed by atoms with van der Waals surface area (Å²) in [7, 11) is -3.93. The Balaban J connectivity index is 2.29. The van der Waals surface area contributed by atoms with Gasteiger partial charge in [0.15, 0.2) is 0 Å². The van der Waals surface area contributed by atoms with Gasteiger partial charge in [0.05, 0.1) is 6.10 Å². The number of aliphatic hydroxyl groups is 1. The van der Waals surface area contributed by atoms with Crippen molar-refractivity contribution in [1.82, 2.24) is 9.62 Å². The first-order valence-electron chi connectivity index (χ1n) is 7.08. The van der Waals surface area contributed by atoms with E-state index < -0.39 is 32.7 Å². The lowest BCUT2D eigenvalue weighted by Crippen LogP contribution is -2.31. The number of amides is 1. The topological polar surface area (TPSA) is 86.7 Å². The fourth-order valence-corrected chi connectivity index (χ4v) is 3.86. The maximum Gasteiger partial charge on any atom is 0.251 e. The van der Waals surface area contributed by atoms with Crippen molar-refractivity contribution in [3.05, 3.63) is 29.6 Å². The summed E-state index contributed by atoms with van der Waals surface area (Å²) in [6, 6.07) is 3.23. The van der Waals surface area contributed by atoms with Gasteiger partial charge in [-0.1, -0.05) is 0 Å². The summed E-state index contributed by atoms with van der Waals surface area (Å²) in [5.41, 5.74) is 0.0415. The van der Waals surface area contributed by atoms with E-state index in [1.165, 1.54) is 17.3 Å². The van der Waals surface area contributed by atoms with Crippen molar-refractivity contribution in [1.29, 1.82) is 0 Å². The predicted octanol–water partition coefficient (Wildman–Crippen LogP) is 0.721. The first-order valence-corrected chi connectivity index (χ1v) is 8.52. The Morgan fingerprint density at radius 3 is 2.64 bits per heavy atom. The van der Waals surface area contributed by atoms with E-state index in [1.54, 1.807) is 0 Å². The van der Waals surface area contributed by atoms with Gasteiger partial charge in [0.2, 0.25) is 10.0 Å². The molecule has 1 aliphatic heterocycles. The summed E-state index contributed by atoms with van der Waals surface area (Å²) in [6.45, 7) is 2.26. The lowest BCUT2D eigenvalue weighted by molar-refractivity contribution is 0.0923. The van der Waals surface area contributed by atoms with Crippen molar-refractivity contribution >= 4 is 15.9 Å². The molecule has 1 atom stereocenters. The van der Waals surface area contributed by atoms with Gasteiger partial charge in [-0.25, -0.2) is 12.8 Å². The summed E-state index contributed by atoms with van der Waals surface area (Å²) >= 11 is 0. The number of rotatable bonds is 5. The molecule has 1 heterocycles. The molecule has 22 heavy (non-hydrogen) atoms. The summed E-state index contributed by atoms with van der Waals surface area (Å²) in [5.74, 6) is -1.43. The Morgan fingerprint density at radius 2 is 2.05 bits per heavy atom. The normalized spacial score (nSPS) is 17.4. The smallest absolute Gasteiger partial charge is 0.251 e. The number of halogens is 1. The zero-order valence-electron chi connectivity index (χ0n) is 12.3. The minimum Gasteiger partial charge on any atom is -0.392 e. The van der Waals surface area contributed by atoms with Crippen LogP contribution in [0.3, 0.4) is 0 Å². The molecule has 8 heteroatoms. The molecule has 1 saturated heterocycles. The average molecular weight is 330 g/mol. The van der Waals surface area contributed by atoms with Crippen LogP contribution in [0.25, 0.3) is 0 Å². The Bertz CT molecular complexity index is 655. The Morgan fingerprint density at radius 1 is 1.41 bits per heavy atom. The zero-order chi connectivity index (χ0) is 16.3. The average Bonchev–Trinajstić information content (AvgIpc) is 3.00. The third-order valence-corrected chi connectivity index (χ3v) is 5.35. The monoisotopic (exact) mass is 330 g/mol. The molecule has 1 aromatic carbocycles. The van der Waals surface area contributed by atoms with E-state index >= 15 is 0 Å². The van der Waals surface area contributed by atoms with Gasteiger partial charge in [-0.05, 0) is 38.0 Å². The maximum absolute atomic E-state index is 13.9. The fourth-order valence-electron chi connectivity index (χ4n) is 2.25. The van der Waals surface area contributed by atoms with Crippen LogP contribution in [0.5, 0.6) is 0 Å². The molecule has 0 bridgehead atoms. The number of carbonyl (C=O) groups excluding carboxylic acids is 1. The highest BCUT2D eigenvalue weighted by Crippen LogP contribution is 2.24. The second kappa shape index (κ2) is 6.72. The molecule has 1 fully saturated rings. The minimum atomic E-state index is -3.93. The molecule has 1 aliphatic rings. The van der Waals surface area contributed by atoms with Crippen LogP contribution in [0.4, 0.5) is 4.39 Å². The minimum absolute atomic E-state index is 0.0322. The third-order valence-electron chi connectivity index (χ3n) is 3.43. The first kappa shape index (κ1) is 16.9. The molecule has 122 valence electrons. The standard InChI is InChI=1S/C14H19FN2O4S/c1-10(18)9-16-14(19)11-4-5-12(15)13(8-11)22(20,21)17-6-2-3-7-17/h4-5,8,10,18H,2-3,6-7,9H2,1H3,(H,16,19). The first-order chi connectivity index (χ1) is 10.3. The van der Waals surface area contributed by atoms with Crippen molar-refractivity contribution in [3.63, 3.8) is 0 Å². The van der Waals surface area contributed by atoms with Gasteiger partial charge in [0.25, 0.3) is 5.91 Å². The van der Waals surface area contributed by atoms with Crippen LogP contribution < -0.4 is 5.32 Å². The van der Waals surface area contributed by atoms with E-state index in [0.29, 0.717) is 13.1 Å². The Kier molecular flexibility index (Phi) is 5.15. The van der Waals surface area contributed by atoms with Crippen LogP contribution in [0.15, 0.2) is 23.1 Å². The molecule has 0 spiro atoms. The van der Waals surface area contributed by atoms with E-state index in [0.717, 1.165) is 25.0 Å². The Labute approximate surface area is 129 Å². The van der Waals surface area contributed by atoms with Gasteiger partial charge in [-0.3, -0.25) is 4.79 Å². The summed E-state index contributed by atoms with van der Waals surface area (Å²) in [4.78, 5) is 11.4. The fraction of sp³-hybridized carbons (Fsp3) is 0.500. The number of nitrogens with one attached hydrogen (secondary N) is 1. The van der Waals surface area contributed by atoms with E-state index in [9.17, 15) is 17.6 Å². The second-order valence-electron chi connectivity index (χ2n) is 5.32. The van der Waals surface area contributed by atoms with Crippen molar-refractivity contribution < 1.29 is 22.7 Å². The molecule has 1 amide bonds. The predicted molar refractivity (Wildman–Crippen MR) is 78.4 cm³/mol. The van der Waals surface area contributed by atoms with Crippen LogP contribution in [0.2, 0.25) is 0 Å². The number of aliphatic hydroxyl groups excluding tert-OH is 1. The van der Waals surface area contributed by atoms with Crippen LogP contribution >= 0.6 is 0 Å². The number of hydrogen-bond acceptors (Lipinski definition) is 4. The molecular weight excluding hydrogens is 311 g/mol. The molecule has 1 aromatic rings. The number of nitrogens with zero attached hydrogens (tertiary/aromatic N) is 1. The van der Waals surface area contributed by atoms with Gasteiger partial charge < -0.3 is 10.4 Å². The molecule has 2 N–H and O–H groups in total. The summed E-state index contributed by atoms with van der Waals surface area (Å²) in [5, 5.41) is 11.6. The molecular formula is C14H19FN2O4S. The number of hydrogen-bond donors (Lipinski definition) is 2. The van der Waals surface area contributed by atoms with E-state index in [4.69, 9.17) is 5.11 Å². The molecule has 2 rings (SSSR count). The SMILES string of the molecule is CC(O)CNC(=O)c1ccc(F)c(S(=O)(=O)N2CCCC2)c1. The van der Waals surface area contributed by atoms with Gasteiger partial charge in [-0.15, -0.1) is 0 Å². The number of sulfonamides is 1. The van der Waals surface area contributed by atoms with Gasteiger partial charge in [-0.2, -0.15) is 4.31 Å².